The summed E-state index contributed by atoms with van der Waals surface area (Å²) in [5.74, 6) is -0.386. The fourth-order valence-electron chi connectivity index (χ4n) is 1.54. The molecule has 2 aromatic carbocycles. The zero-order valence-electron chi connectivity index (χ0n) is 10.6. The molecule has 0 aromatic heterocycles. The van der Waals surface area contributed by atoms with E-state index in [0.717, 1.165) is 5.56 Å². The lowest BCUT2D eigenvalue weighted by molar-refractivity contribution is 0.483. The highest BCUT2D eigenvalue weighted by Crippen LogP contribution is 2.15. The maximum absolute atomic E-state index is 13.3. The van der Waals surface area contributed by atoms with Gasteiger partial charge in [-0.3, -0.25) is 0 Å². The van der Waals surface area contributed by atoms with Gasteiger partial charge in [-0.1, -0.05) is 42.0 Å². The molecule has 2 aromatic rings. The number of hydrogen-bond acceptors (Lipinski definition) is 2. The quantitative estimate of drug-likeness (QED) is 0.679. The summed E-state index contributed by atoms with van der Waals surface area (Å²) in [6, 6.07) is 14.0. The number of nitrogens with zero attached hydrogens (tertiary/aromatic N) is 1. The molecule has 0 spiro atoms. The topological polar surface area (TPSA) is 47.6 Å². The van der Waals surface area contributed by atoms with Crippen LogP contribution in [0.2, 0.25) is 0 Å². The average molecular weight is 258 g/mol. The van der Waals surface area contributed by atoms with Crippen molar-refractivity contribution in [2.24, 2.45) is 10.7 Å². The Balaban J connectivity index is 2.00. The summed E-state index contributed by atoms with van der Waals surface area (Å²) in [5.41, 5.74) is 7.82. The van der Waals surface area contributed by atoms with Crippen LogP contribution in [0.1, 0.15) is 11.1 Å². The van der Waals surface area contributed by atoms with Crippen molar-refractivity contribution < 1.29 is 9.13 Å². The van der Waals surface area contributed by atoms with Crippen molar-refractivity contribution in [2.75, 3.05) is 0 Å². The van der Waals surface area contributed by atoms with E-state index in [1.807, 2.05) is 31.2 Å². The lowest BCUT2D eigenvalue weighted by Gasteiger charge is -2.05. The van der Waals surface area contributed by atoms with Crippen molar-refractivity contribution in [1.82, 2.24) is 0 Å². The molecule has 0 radical (unpaired) electrons. The van der Waals surface area contributed by atoms with Gasteiger partial charge in [-0.2, -0.15) is 0 Å². The first-order valence-electron chi connectivity index (χ1n) is 5.93. The van der Waals surface area contributed by atoms with Crippen molar-refractivity contribution in [2.45, 2.75) is 13.5 Å². The van der Waals surface area contributed by atoms with E-state index < -0.39 is 5.82 Å². The molecule has 98 valence electrons. The second-order valence-electron chi connectivity index (χ2n) is 4.17. The molecule has 2 N–H and O–H groups in total. The number of halogens is 1. The van der Waals surface area contributed by atoms with Crippen LogP contribution >= 0.6 is 0 Å². The van der Waals surface area contributed by atoms with Crippen LogP contribution in [-0.2, 0) is 6.54 Å². The van der Waals surface area contributed by atoms with Gasteiger partial charge in [0.1, 0.15) is 0 Å². The molecular weight excluding hydrogens is 243 g/mol. The fourth-order valence-corrected chi connectivity index (χ4v) is 1.54. The van der Waals surface area contributed by atoms with Crippen molar-refractivity contribution in [3.8, 4) is 5.75 Å². The van der Waals surface area contributed by atoms with Crippen LogP contribution in [0.15, 0.2) is 53.5 Å². The summed E-state index contributed by atoms with van der Waals surface area (Å²) in [7, 11) is 0. The number of amidine groups is 1. The normalized spacial score (nSPS) is 11.4. The Morgan fingerprint density at radius 3 is 2.53 bits per heavy atom. The smallest absolute Gasteiger partial charge is 0.287 e. The summed E-state index contributed by atoms with van der Waals surface area (Å²) >= 11 is 0. The zero-order chi connectivity index (χ0) is 13.7. The zero-order valence-corrected chi connectivity index (χ0v) is 10.6. The number of ether oxygens (including phenoxy) is 1. The molecule has 0 unspecified atom stereocenters. The first-order chi connectivity index (χ1) is 9.15. The average Bonchev–Trinajstić information content (AvgIpc) is 2.41. The van der Waals surface area contributed by atoms with Gasteiger partial charge in [0.25, 0.3) is 6.02 Å². The molecule has 0 aliphatic rings. The van der Waals surface area contributed by atoms with Crippen LogP contribution in [0.25, 0.3) is 0 Å². The number of hydrogen-bond donors (Lipinski definition) is 1. The molecule has 0 aliphatic carbocycles. The van der Waals surface area contributed by atoms with Gasteiger partial charge in [-0.25, -0.2) is 9.38 Å². The standard InChI is InChI=1S/C15H15FN2O/c1-11-6-8-12(9-7-11)10-18-15(17)19-14-5-3-2-4-13(14)16/h2-9H,10H2,1H3,(H2,17,18). The molecule has 0 saturated carbocycles. The summed E-state index contributed by atoms with van der Waals surface area (Å²) in [6.45, 7) is 2.42. The monoisotopic (exact) mass is 258 g/mol. The summed E-state index contributed by atoms with van der Waals surface area (Å²) in [5, 5.41) is 0. The minimum absolute atomic E-state index is 0.0503. The van der Waals surface area contributed by atoms with Gasteiger partial charge in [0.15, 0.2) is 11.6 Å². The van der Waals surface area contributed by atoms with Gasteiger partial charge in [0.2, 0.25) is 0 Å². The Labute approximate surface area is 111 Å². The molecule has 0 saturated heterocycles. The molecule has 3 nitrogen and oxygen atoms in total. The third-order valence-corrected chi connectivity index (χ3v) is 2.59. The number of aliphatic imine (C=N–C) groups is 1. The van der Waals surface area contributed by atoms with Crippen LogP contribution in [0.5, 0.6) is 5.75 Å². The molecular formula is C15H15FN2O. The molecule has 0 atom stereocenters. The van der Waals surface area contributed by atoms with Crippen molar-refractivity contribution >= 4 is 6.02 Å². The Kier molecular flexibility index (Phi) is 4.13. The second-order valence-corrected chi connectivity index (χ2v) is 4.17. The van der Waals surface area contributed by atoms with Gasteiger partial charge in [0.05, 0.1) is 6.54 Å². The van der Waals surface area contributed by atoms with Crippen LogP contribution in [0.3, 0.4) is 0 Å². The Morgan fingerprint density at radius 1 is 1.16 bits per heavy atom. The van der Waals surface area contributed by atoms with E-state index in [1.165, 1.54) is 17.7 Å². The molecule has 0 aliphatic heterocycles. The Bertz CT molecular complexity index is 579. The van der Waals surface area contributed by atoms with Crippen LogP contribution in [-0.4, -0.2) is 6.02 Å². The van der Waals surface area contributed by atoms with Gasteiger partial charge in [-0.05, 0) is 24.6 Å². The predicted octanol–water partition coefficient (Wildman–Crippen LogP) is 3.03. The van der Waals surface area contributed by atoms with E-state index in [2.05, 4.69) is 4.99 Å². The fraction of sp³-hybridized carbons (Fsp3) is 0.133. The van der Waals surface area contributed by atoms with Gasteiger partial charge in [-0.15, -0.1) is 0 Å². The largest absolute Gasteiger partial charge is 0.423 e. The van der Waals surface area contributed by atoms with E-state index in [4.69, 9.17) is 10.5 Å². The van der Waals surface area contributed by atoms with Crippen LogP contribution in [0.4, 0.5) is 4.39 Å². The summed E-state index contributed by atoms with van der Waals surface area (Å²) < 4.78 is 18.5. The molecule has 2 rings (SSSR count). The van der Waals surface area contributed by atoms with Crippen molar-refractivity contribution in [3.05, 3.63) is 65.5 Å². The predicted molar refractivity (Wildman–Crippen MR) is 73.5 cm³/mol. The highest BCUT2D eigenvalue weighted by Gasteiger charge is 2.03. The first-order valence-corrected chi connectivity index (χ1v) is 5.93. The highest BCUT2D eigenvalue weighted by atomic mass is 19.1. The second kappa shape index (κ2) is 6.00. The van der Waals surface area contributed by atoms with Crippen molar-refractivity contribution in [3.63, 3.8) is 0 Å². The number of para-hydroxylation sites is 1. The maximum atomic E-state index is 13.3. The third kappa shape index (κ3) is 3.81. The summed E-state index contributed by atoms with van der Waals surface area (Å²) in [4.78, 5) is 4.07. The SMILES string of the molecule is Cc1ccc(CN=C(N)Oc2ccccc2F)cc1. The third-order valence-electron chi connectivity index (χ3n) is 2.59. The molecule has 0 bridgehead atoms. The molecule has 0 amide bonds. The maximum Gasteiger partial charge on any atom is 0.287 e. The van der Waals surface area contributed by atoms with E-state index >= 15 is 0 Å². The minimum Gasteiger partial charge on any atom is -0.423 e. The molecule has 4 heteroatoms. The van der Waals surface area contributed by atoms with Gasteiger partial charge < -0.3 is 10.5 Å². The molecule has 0 heterocycles. The van der Waals surface area contributed by atoms with E-state index in [-0.39, 0.29) is 11.8 Å². The van der Waals surface area contributed by atoms with E-state index in [9.17, 15) is 4.39 Å². The minimum atomic E-state index is -0.462. The Hall–Kier alpha value is -2.36. The summed E-state index contributed by atoms with van der Waals surface area (Å²) in [6.07, 6.45) is 0. The van der Waals surface area contributed by atoms with Crippen LogP contribution < -0.4 is 10.5 Å². The number of rotatable bonds is 3. The van der Waals surface area contributed by atoms with E-state index in [1.54, 1.807) is 12.1 Å². The van der Waals surface area contributed by atoms with Crippen molar-refractivity contribution in [1.29, 1.82) is 0 Å². The molecule has 0 fully saturated rings. The first kappa shape index (κ1) is 13.1. The Morgan fingerprint density at radius 2 is 1.84 bits per heavy atom. The molecule has 19 heavy (non-hydrogen) atoms. The number of benzene rings is 2. The van der Waals surface area contributed by atoms with Gasteiger partial charge in [0, 0.05) is 0 Å². The highest BCUT2D eigenvalue weighted by molar-refractivity contribution is 5.74. The number of aryl methyl sites for hydroxylation is 1. The lowest BCUT2D eigenvalue weighted by Crippen LogP contribution is -2.20. The van der Waals surface area contributed by atoms with Gasteiger partial charge >= 0.3 is 0 Å². The number of nitrogens with two attached hydrogens (primary N) is 1. The van der Waals surface area contributed by atoms with E-state index in [0.29, 0.717) is 6.54 Å². The lowest BCUT2D eigenvalue weighted by atomic mass is 10.1. The van der Waals surface area contributed by atoms with Crippen LogP contribution in [0, 0.1) is 12.7 Å².